The molecule has 0 atom stereocenters. The summed E-state index contributed by atoms with van der Waals surface area (Å²) in [7, 11) is 0. The zero-order chi connectivity index (χ0) is 11.4. The minimum atomic E-state index is -0.604. The van der Waals surface area contributed by atoms with Gasteiger partial charge in [0.1, 0.15) is 12.4 Å². The lowest BCUT2D eigenvalue weighted by Crippen LogP contribution is -2.13. The maximum absolute atomic E-state index is 11.0. The first kappa shape index (κ1) is 11.9. The van der Waals surface area contributed by atoms with Crippen molar-refractivity contribution >= 4 is 29.1 Å². The Morgan fingerprint density at radius 2 is 2.20 bits per heavy atom. The largest absolute Gasteiger partial charge is 0.487 e. The average Bonchev–Trinajstić information content (AvgIpc) is 2.15. The molecule has 0 fully saturated rings. The molecule has 0 spiro atoms. The predicted molar refractivity (Wildman–Crippen MR) is 60.5 cm³/mol. The Hall–Kier alpha value is -1.19. The lowest BCUT2D eigenvalue weighted by atomic mass is 10.2. The fraction of sp³-hybridized carbons (Fsp3) is 0.100. The molecule has 0 aliphatic carbocycles. The van der Waals surface area contributed by atoms with Gasteiger partial charge < -0.3 is 10.5 Å². The predicted octanol–water partition coefficient (Wildman–Crippen LogP) is 2.57. The van der Waals surface area contributed by atoms with Crippen LogP contribution in [0.3, 0.4) is 0 Å². The minimum absolute atomic E-state index is 0.115. The SMILES string of the molecule is C=C(Cl)COc1ccc(Cl)cc1C(N)=O. The molecular formula is C10H9Cl2NO2. The van der Waals surface area contributed by atoms with Gasteiger partial charge in [-0.1, -0.05) is 29.8 Å². The molecule has 0 aromatic heterocycles. The number of hydrogen-bond acceptors (Lipinski definition) is 2. The van der Waals surface area contributed by atoms with Crippen molar-refractivity contribution in [1.82, 2.24) is 0 Å². The highest BCUT2D eigenvalue weighted by Crippen LogP contribution is 2.23. The van der Waals surface area contributed by atoms with E-state index in [4.69, 9.17) is 33.7 Å². The Morgan fingerprint density at radius 3 is 2.73 bits per heavy atom. The Balaban J connectivity index is 2.95. The number of rotatable bonds is 4. The normalized spacial score (nSPS) is 9.73. The number of carbonyl (C=O) groups excluding carboxylic acids is 1. The topological polar surface area (TPSA) is 52.3 Å². The third-order valence-electron chi connectivity index (χ3n) is 1.59. The molecule has 1 rings (SSSR count). The van der Waals surface area contributed by atoms with E-state index in [1.165, 1.54) is 6.07 Å². The van der Waals surface area contributed by atoms with E-state index in [0.717, 1.165) is 0 Å². The molecule has 1 amide bonds. The summed E-state index contributed by atoms with van der Waals surface area (Å²) >= 11 is 11.2. The van der Waals surface area contributed by atoms with Crippen LogP contribution in [0.25, 0.3) is 0 Å². The summed E-state index contributed by atoms with van der Waals surface area (Å²) in [6.45, 7) is 3.58. The van der Waals surface area contributed by atoms with Crippen molar-refractivity contribution in [3.05, 3.63) is 40.4 Å². The zero-order valence-corrected chi connectivity index (χ0v) is 9.31. The first-order valence-electron chi connectivity index (χ1n) is 4.06. The van der Waals surface area contributed by atoms with Crippen LogP contribution in [0.15, 0.2) is 29.8 Å². The Labute approximate surface area is 97.4 Å². The smallest absolute Gasteiger partial charge is 0.252 e. The molecule has 5 heteroatoms. The molecule has 0 saturated heterocycles. The van der Waals surface area contributed by atoms with Crippen LogP contribution in [-0.2, 0) is 0 Å². The number of ether oxygens (including phenoxy) is 1. The molecule has 0 bridgehead atoms. The van der Waals surface area contributed by atoms with Crippen molar-refractivity contribution < 1.29 is 9.53 Å². The van der Waals surface area contributed by atoms with Crippen LogP contribution >= 0.6 is 23.2 Å². The number of carbonyl (C=O) groups is 1. The van der Waals surface area contributed by atoms with Crippen LogP contribution in [0.4, 0.5) is 0 Å². The summed E-state index contributed by atoms with van der Waals surface area (Å²) in [6.07, 6.45) is 0. The van der Waals surface area contributed by atoms with Gasteiger partial charge in [-0.15, -0.1) is 0 Å². The molecule has 0 aliphatic rings. The fourth-order valence-corrected chi connectivity index (χ4v) is 1.20. The first-order chi connectivity index (χ1) is 7.00. The van der Waals surface area contributed by atoms with E-state index in [9.17, 15) is 4.79 Å². The van der Waals surface area contributed by atoms with Crippen LogP contribution in [0.5, 0.6) is 5.75 Å². The van der Waals surface area contributed by atoms with Crippen molar-refractivity contribution in [1.29, 1.82) is 0 Å². The number of hydrogen-bond donors (Lipinski definition) is 1. The second-order valence-corrected chi connectivity index (χ2v) is 3.78. The molecule has 0 unspecified atom stereocenters. The number of nitrogens with two attached hydrogens (primary N) is 1. The second-order valence-electron chi connectivity index (χ2n) is 2.81. The maximum atomic E-state index is 11.0. The number of amides is 1. The Morgan fingerprint density at radius 1 is 1.53 bits per heavy atom. The highest BCUT2D eigenvalue weighted by molar-refractivity contribution is 6.31. The monoisotopic (exact) mass is 245 g/mol. The average molecular weight is 246 g/mol. The molecule has 3 nitrogen and oxygen atoms in total. The maximum Gasteiger partial charge on any atom is 0.252 e. The van der Waals surface area contributed by atoms with Crippen molar-refractivity contribution in [2.45, 2.75) is 0 Å². The third-order valence-corrected chi connectivity index (χ3v) is 1.94. The van der Waals surface area contributed by atoms with Crippen molar-refractivity contribution in [3.8, 4) is 5.75 Å². The standard InChI is InChI=1S/C10H9Cl2NO2/c1-6(11)5-15-9-3-2-7(12)4-8(9)10(13)14/h2-4H,1,5H2,(H2,13,14). The van der Waals surface area contributed by atoms with Gasteiger partial charge in [-0.05, 0) is 18.2 Å². The van der Waals surface area contributed by atoms with Gasteiger partial charge >= 0.3 is 0 Å². The van der Waals surface area contributed by atoms with Gasteiger partial charge in [0.05, 0.1) is 5.56 Å². The molecule has 2 N–H and O–H groups in total. The van der Waals surface area contributed by atoms with E-state index in [-0.39, 0.29) is 12.2 Å². The lowest BCUT2D eigenvalue weighted by Gasteiger charge is -2.08. The molecule has 1 aromatic carbocycles. The van der Waals surface area contributed by atoms with Gasteiger partial charge in [0, 0.05) is 10.1 Å². The van der Waals surface area contributed by atoms with Gasteiger partial charge in [-0.25, -0.2) is 0 Å². The summed E-state index contributed by atoms with van der Waals surface area (Å²) in [5.74, 6) is -0.263. The molecular weight excluding hydrogens is 237 g/mol. The van der Waals surface area contributed by atoms with Crippen molar-refractivity contribution in [2.75, 3.05) is 6.61 Å². The number of halogens is 2. The molecule has 0 heterocycles. The van der Waals surface area contributed by atoms with Gasteiger partial charge in [0.15, 0.2) is 0 Å². The van der Waals surface area contributed by atoms with E-state index in [2.05, 4.69) is 6.58 Å². The van der Waals surface area contributed by atoms with E-state index in [0.29, 0.717) is 15.8 Å². The first-order valence-corrected chi connectivity index (χ1v) is 4.81. The van der Waals surface area contributed by atoms with Crippen LogP contribution in [0.1, 0.15) is 10.4 Å². The van der Waals surface area contributed by atoms with Gasteiger partial charge in [0.25, 0.3) is 5.91 Å². The van der Waals surface area contributed by atoms with Crippen LogP contribution in [-0.4, -0.2) is 12.5 Å². The van der Waals surface area contributed by atoms with Crippen LogP contribution in [0, 0.1) is 0 Å². The lowest BCUT2D eigenvalue weighted by molar-refractivity contribution is 0.0997. The van der Waals surface area contributed by atoms with E-state index in [1.54, 1.807) is 12.1 Å². The summed E-state index contributed by atoms with van der Waals surface area (Å²) in [4.78, 5) is 11.0. The van der Waals surface area contributed by atoms with Gasteiger partial charge in [-0.2, -0.15) is 0 Å². The molecule has 0 radical (unpaired) electrons. The summed E-state index contributed by atoms with van der Waals surface area (Å²) < 4.78 is 5.22. The number of primary amides is 1. The molecule has 0 saturated carbocycles. The third kappa shape index (κ3) is 3.46. The van der Waals surface area contributed by atoms with E-state index < -0.39 is 5.91 Å². The molecule has 0 aliphatic heterocycles. The Kier molecular flexibility index (Phi) is 4.00. The van der Waals surface area contributed by atoms with Gasteiger partial charge in [-0.3, -0.25) is 4.79 Å². The molecule has 80 valence electrons. The molecule has 1 aromatic rings. The highest BCUT2D eigenvalue weighted by Gasteiger charge is 2.10. The quantitative estimate of drug-likeness (QED) is 0.887. The van der Waals surface area contributed by atoms with Crippen molar-refractivity contribution in [3.63, 3.8) is 0 Å². The van der Waals surface area contributed by atoms with E-state index in [1.807, 2.05) is 0 Å². The highest BCUT2D eigenvalue weighted by atomic mass is 35.5. The summed E-state index contributed by atoms with van der Waals surface area (Å²) in [5.41, 5.74) is 5.38. The summed E-state index contributed by atoms with van der Waals surface area (Å²) in [6, 6.07) is 4.60. The zero-order valence-electron chi connectivity index (χ0n) is 7.80. The second kappa shape index (κ2) is 5.05. The number of benzene rings is 1. The Bertz CT molecular complexity index is 404. The minimum Gasteiger partial charge on any atom is -0.487 e. The fourth-order valence-electron chi connectivity index (χ4n) is 0.977. The van der Waals surface area contributed by atoms with E-state index >= 15 is 0 Å². The summed E-state index contributed by atoms with van der Waals surface area (Å²) in [5, 5.41) is 0.751. The van der Waals surface area contributed by atoms with Crippen molar-refractivity contribution in [2.24, 2.45) is 5.73 Å². The molecule has 15 heavy (non-hydrogen) atoms. The van der Waals surface area contributed by atoms with Crippen LogP contribution < -0.4 is 10.5 Å². The van der Waals surface area contributed by atoms with Crippen LogP contribution in [0.2, 0.25) is 5.02 Å². The van der Waals surface area contributed by atoms with Gasteiger partial charge in [0.2, 0.25) is 0 Å².